The Kier molecular flexibility index (Phi) is 6.03. The summed E-state index contributed by atoms with van der Waals surface area (Å²) in [6.45, 7) is 2.47. The minimum atomic E-state index is 0.0681. The van der Waals surface area contributed by atoms with Gasteiger partial charge < -0.3 is 15.2 Å². The lowest BCUT2D eigenvalue weighted by Crippen LogP contribution is -2.18. The Balaban J connectivity index is 2.80. The molecule has 1 unspecified atom stereocenters. The van der Waals surface area contributed by atoms with E-state index in [4.69, 9.17) is 20.5 Å². The van der Waals surface area contributed by atoms with E-state index < -0.39 is 0 Å². The number of hydrogen-bond donors (Lipinski definition) is 1. The summed E-state index contributed by atoms with van der Waals surface area (Å²) in [6, 6.07) is 7.95. The summed E-state index contributed by atoms with van der Waals surface area (Å²) < 4.78 is 11.0. The standard InChI is InChI=1S/C14H20N2O2/c1-11(16)10-12-6-5-7-13(17-2)14(12)18-9-4-3-8-15/h5-7,11H,3-4,9-10,16H2,1-2H3. The maximum Gasteiger partial charge on any atom is 0.164 e. The molecule has 0 aliphatic heterocycles. The molecule has 98 valence electrons. The summed E-state index contributed by atoms with van der Waals surface area (Å²) in [6.07, 6.45) is 1.95. The number of rotatable bonds is 7. The van der Waals surface area contributed by atoms with Gasteiger partial charge in [0.05, 0.1) is 19.8 Å². The van der Waals surface area contributed by atoms with Gasteiger partial charge >= 0.3 is 0 Å². The molecule has 0 aromatic heterocycles. The van der Waals surface area contributed by atoms with Crippen LogP contribution in [0.5, 0.6) is 11.5 Å². The van der Waals surface area contributed by atoms with Crippen LogP contribution in [0, 0.1) is 11.3 Å². The lowest BCUT2D eigenvalue weighted by molar-refractivity contribution is 0.287. The van der Waals surface area contributed by atoms with Gasteiger partial charge in [-0.15, -0.1) is 0 Å². The molecular weight excluding hydrogens is 228 g/mol. The molecule has 0 fully saturated rings. The summed E-state index contributed by atoms with van der Waals surface area (Å²) in [5, 5.41) is 8.49. The van der Waals surface area contributed by atoms with E-state index in [2.05, 4.69) is 6.07 Å². The van der Waals surface area contributed by atoms with Crippen LogP contribution in [0.3, 0.4) is 0 Å². The molecular formula is C14H20N2O2. The van der Waals surface area contributed by atoms with Gasteiger partial charge in [-0.1, -0.05) is 12.1 Å². The van der Waals surface area contributed by atoms with E-state index in [1.165, 1.54) is 0 Å². The lowest BCUT2D eigenvalue weighted by Gasteiger charge is -2.16. The highest BCUT2D eigenvalue weighted by Gasteiger charge is 2.11. The number of nitrogens with two attached hydrogens (primary N) is 1. The predicted octanol–water partition coefficient (Wildman–Crippen LogP) is 2.27. The molecule has 1 aromatic rings. The van der Waals surface area contributed by atoms with E-state index in [1.807, 2.05) is 25.1 Å². The molecule has 0 amide bonds. The Morgan fingerprint density at radius 3 is 2.83 bits per heavy atom. The number of para-hydroxylation sites is 1. The number of ether oxygens (including phenoxy) is 2. The molecule has 0 bridgehead atoms. The first-order valence-electron chi connectivity index (χ1n) is 6.10. The van der Waals surface area contributed by atoms with Gasteiger partial charge in [-0.25, -0.2) is 0 Å². The maximum atomic E-state index is 8.49. The highest BCUT2D eigenvalue weighted by Crippen LogP contribution is 2.31. The quantitative estimate of drug-likeness (QED) is 0.751. The fourth-order valence-electron chi connectivity index (χ4n) is 1.72. The van der Waals surface area contributed by atoms with Gasteiger partial charge in [0.2, 0.25) is 0 Å². The van der Waals surface area contributed by atoms with Crippen LogP contribution in [0.4, 0.5) is 0 Å². The van der Waals surface area contributed by atoms with Crippen molar-refractivity contribution >= 4 is 0 Å². The number of nitriles is 1. The molecule has 0 radical (unpaired) electrons. The van der Waals surface area contributed by atoms with Gasteiger partial charge in [0, 0.05) is 12.5 Å². The third-order valence-electron chi connectivity index (χ3n) is 2.50. The summed E-state index contributed by atoms with van der Waals surface area (Å²) >= 11 is 0. The van der Waals surface area contributed by atoms with Crippen molar-refractivity contribution in [3.8, 4) is 17.6 Å². The second-order valence-electron chi connectivity index (χ2n) is 4.24. The third kappa shape index (κ3) is 4.27. The van der Waals surface area contributed by atoms with Gasteiger partial charge in [0.15, 0.2) is 11.5 Å². The average Bonchev–Trinajstić information content (AvgIpc) is 2.35. The molecule has 1 rings (SSSR count). The molecule has 0 saturated heterocycles. The van der Waals surface area contributed by atoms with Crippen molar-refractivity contribution in [1.29, 1.82) is 5.26 Å². The molecule has 0 saturated carbocycles. The number of unbranched alkanes of at least 4 members (excludes halogenated alkanes) is 1. The minimum absolute atomic E-state index is 0.0681. The zero-order chi connectivity index (χ0) is 13.4. The normalized spacial score (nSPS) is 11.7. The predicted molar refractivity (Wildman–Crippen MR) is 70.7 cm³/mol. The Morgan fingerprint density at radius 1 is 1.44 bits per heavy atom. The highest BCUT2D eigenvalue weighted by molar-refractivity contribution is 5.47. The molecule has 0 aliphatic carbocycles. The molecule has 4 heteroatoms. The third-order valence-corrected chi connectivity index (χ3v) is 2.50. The summed E-state index contributed by atoms with van der Waals surface area (Å²) in [4.78, 5) is 0. The van der Waals surface area contributed by atoms with Crippen LogP contribution in [-0.4, -0.2) is 19.8 Å². The van der Waals surface area contributed by atoms with E-state index >= 15 is 0 Å². The first-order chi connectivity index (χ1) is 8.69. The summed E-state index contributed by atoms with van der Waals surface area (Å²) in [5.74, 6) is 1.46. The van der Waals surface area contributed by atoms with Gasteiger partial charge in [0.25, 0.3) is 0 Å². The number of hydrogen-bond acceptors (Lipinski definition) is 4. The smallest absolute Gasteiger partial charge is 0.164 e. The summed E-state index contributed by atoms with van der Waals surface area (Å²) in [5.41, 5.74) is 6.86. The molecule has 4 nitrogen and oxygen atoms in total. The van der Waals surface area contributed by atoms with E-state index in [0.717, 1.165) is 17.7 Å². The molecule has 0 heterocycles. The second-order valence-corrected chi connectivity index (χ2v) is 4.24. The SMILES string of the molecule is COc1cccc(CC(C)N)c1OCCCC#N. The van der Waals surface area contributed by atoms with Crippen LogP contribution in [0.25, 0.3) is 0 Å². The molecule has 1 atom stereocenters. The Hall–Kier alpha value is -1.73. The van der Waals surface area contributed by atoms with E-state index in [9.17, 15) is 0 Å². The first kappa shape index (κ1) is 14.3. The van der Waals surface area contributed by atoms with E-state index in [1.54, 1.807) is 7.11 Å². The summed E-state index contributed by atoms with van der Waals surface area (Å²) in [7, 11) is 1.62. The van der Waals surface area contributed by atoms with E-state index in [-0.39, 0.29) is 6.04 Å². The van der Waals surface area contributed by atoms with Crippen molar-refractivity contribution in [2.45, 2.75) is 32.2 Å². The maximum absolute atomic E-state index is 8.49. The number of methoxy groups -OCH3 is 1. The van der Waals surface area contributed by atoms with Crippen molar-refractivity contribution < 1.29 is 9.47 Å². The topological polar surface area (TPSA) is 68.3 Å². The van der Waals surface area contributed by atoms with Crippen molar-refractivity contribution in [2.24, 2.45) is 5.73 Å². The molecule has 0 spiro atoms. The monoisotopic (exact) mass is 248 g/mol. The highest BCUT2D eigenvalue weighted by atomic mass is 16.5. The molecule has 2 N–H and O–H groups in total. The van der Waals surface area contributed by atoms with Crippen LogP contribution in [-0.2, 0) is 6.42 Å². The van der Waals surface area contributed by atoms with Crippen LogP contribution < -0.4 is 15.2 Å². The van der Waals surface area contributed by atoms with Crippen LogP contribution in [0.15, 0.2) is 18.2 Å². The zero-order valence-corrected chi connectivity index (χ0v) is 11.0. The molecule has 18 heavy (non-hydrogen) atoms. The van der Waals surface area contributed by atoms with Crippen LogP contribution in [0.1, 0.15) is 25.3 Å². The van der Waals surface area contributed by atoms with Crippen LogP contribution in [0.2, 0.25) is 0 Å². The number of nitrogens with zero attached hydrogens (tertiary/aromatic N) is 1. The largest absolute Gasteiger partial charge is 0.493 e. The Labute approximate surface area is 108 Å². The van der Waals surface area contributed by atoms with Gasteiger partial charge in [0.1, 0.15) is 0 Å². The Morgan fingerprint density at radius 2 is 2.22 bits per heavy atom. The van der Waals surface area contributed by atoms with Gasteiger partial charge in [-0.05, 0) is 31.4 Å². The van der Waals surface area contributed by atoms with Crippen molar-refractivity contribution in [1.82, 2.24) is 0 Å². The van der Waals surface area contributed by atoms with Gasteiger partial charge in [-0.3, -0.25) is 0 Å². The van der Waals surface area contributed by atoms with E-state index in [0.29, 0.717) is 25.2 Å². The zero-order valence-electron chi connectivity index (χ0n) is 11.0. The van der Waals surface area contributed by atoms with Gasteiger partial charge in [-0.2, -0.15) is 5.26 Å². The van der Waals surface area contributed by atoms with Crippen molar-refractivity contribution in [2.75, 3.05) is 13.7 Å². The first-order valence-corrected chi connectivity index (χ1v) is 6.10. The van der Waals surface area contributed by atoms with Crippen molar-refractivity contribution in [3.63, 3.8) is 0 Å². The lowest BCUT2D eigenvalue weighted by atomic mass is 10.1. The minimum Gasteiger partial charge on any atom is -0.493 e. The molecule has 1 aromatic carbocycles. The fraction of sp³-hybridized carbons (Fsp3) is 0.500. The van der Waals surface area contributed by atoms with Crippen molar-refractivity contribution in [3.05, 3.63) is 23.8 Å². The second kappa shape index (κ2) is 7.57. The molecule has 0 aliphatic rings. The Bertz CT molecular complexity index is 411. The fourth-order valence-corrected chi connectivity index (χ4v) is 1.72. The van der Waals surface area contributed by atoms with Crippen LogP contribution >= 0.6 is 0 Å². The number of benzene rings is 1. The average molecular weight is 248 g/mol.